The maximum Gasteiger partial charge on any atom is -0.00246 e. The van der Waals surface area contributed by atoms with E-state index in [0.29, 0.717) is 10.8 Å². The molecule has 0 aliphatic heterocycles. The molecule has 1 nitrogen and oxygen atoms in total. The first-order valence-corrected chi connectivity index (χ1v) is 6.44. The molecule has 0 radical (unpaired) electrons. The smallest absolute Gasteiger partial charge is 0.00246 e. The Morgan fingerprint density at radius 1 is 0.933 bits per heavy atom. The van der Waals surface area contributed by atoms with E-state index in [4.69, 9.17) is 0 Å². The molecule has 0 bridgehead atoms. The van der Waals surface area contributed by atoms with Crippen LogP contribution < -0.4 is 0 Å². The lowest BCUT2D eigenvalue weighted by molar-refractivity contribution is 0.0641. The van der Waals surface area contributed by atoms with E-state index in [1.165, 1.54) is 32.2 Å². The fourth-order valence-electron chi connectivity index (χ4n) is 2.35. The lowest BCUT2D eigenvalue weighted by Crippen LogP contribution is -2.34. The molecule has 0 saturated heterocycles. The van der Waals surface area contributed by atoms with Crippen molar-refractivity contribution < 1.29 is 0 Å². The zero-order valence-corrected chi connectivity index (χ0v) is 12.0. The van der Waals surface area contributed by atoms with Crippen LogP contribution in [0.1, 0.15) is 60.3 Å². The maximum absolute atomic E-state index is 2.45. The van der Waals surface area contributed by atoms with Gasteiger partial charge in [-0.3, -0.25) is 0 Å². The number of nitrogens with zero attached hydrogens (tertiary/aromatic N) is 1. The van der Waals surface area contributed by atoms with Gasteiger partial charge in [-0.2, -0.15) is 0 Å². The van der Waals surface area contributed by atoms with Crippen molar-refractivity contribution in [1.29, 1.82) is 0 Å². The lowest BCUT2D eigenvalue weighted by Gasteiger charge is -2.44. The van der Waals surface area contributed by atoms with Crippen molar-refractivity contribution in [2.75, 3.05) is 20.6 Å². The van der Waals surface area contributed by atoms with Crippen LogP contribution in [0.2, 0.25) is 0 Å². The Balaban J connectivity index is 4.26. The van der Waals surface area contributed by atoms with Crippen LogP contribution in [-0.4, -0.2) is 25.5 Å². The third-order valence-electron chi connectivity index (χ3n) is 4.60. The summed E-state index contributed by atoms with van der Waals surface area (Å²) in [6, 6.07) is 0. The molecule has 0 unspecified atom stereocenters. The van der Waals surface area contributed by atoms with Crippen molar-refractivity contribution in [1.82, 2.24) is 4.90 Å². The monoisotopic (exact) mass is 213 g/mol. The summed E-state index contributed by atoms with van der Waals surface area (Å²) in [7, 11) is 4.32. The lowest BCUT2D eigenvalue weighted by atomic mass is 9.62. The predicted octanol–water partition coefficient (Wildman–Crippen LogP) is 4.18. The van der Waals surface area contributed by atoms with Crippen molar-refractivity contribution in [2.45, 2.75) is 60.3 Å². The molecule has 0 aromatic heterocycles. The Hall–Kier alpha value is -0.0400. The van der Waals surface area contributed by atoms with Gasteiger partial charge in [-0.1, -0.05) is 47.5 Å². The Bertz CT molecular complexity index is 166. The molecule has 0 saturated carbocycles. The summed E-state index contributed by atoms with van der Waals surface area (Å²) >= 11 is 0. The number of hydrogen-bond acceptors (Lipinski definition) is 1. The SMILES string of the molecule is CCC(C)(CC)C(C)(C)CCCN(C)C. The highest BCUT2D eigenvalue weighted by molar-refractivity contribution is 4.87. The Morgan fingerprint density at radius 2 is 1.40 bits per heavy atom. The summed E-state index contributed by atoms with van der Waals surface area (Å²) < 4.78 is 0. The minimum Gasteiger partial charge on any atom is -0.309 e. The van der Waals surface area contributed by atoms with Crippen LogP contribution >= 0.6 is 0 Å². The summed E-state index contributed by atoms with van der Waals surface area (Å²) in [5, 5.41) is 0. The summed E-state index contributed by atoms with van der Waals surface area (Å²) in [6.45, 7) is 13.2. The molecule has 0 aromatic carbocycles. The van der Waals surface area contributed by atoms with Gasteiger partial charge in [0.1, 0.15) is 0 Å². The summed E-state index contributed by atoms with van der Waals surface area (Å²) in [6.07, 6.45) is 5.23. The first kappa shape index (κ1) is 15.0. The fraction of sp³-hybridized carbons (Fsp3) is 1.00. The van der Waals surface area contributed by atoms with Crippen LogP contribution in [0, 0.1) is 10.8 Å². The molecular weight excluding hydrogens is 182 g/mol. The Morgan fingerprint density at radius 3 is 1.73 bits per heavy atom. The van der Waals surface area contributed by atoms with Crippen molar-refractivity contribution in [3.8, 4) is 0 Å². The summed E-state index contributed by atoms with van der Waals surface area (Å²) in [5.41, 5.74) is 0.964. The second kappa shape index (κ2) is 5.89. The van der Waals surface area contributed by atoms with Crippen LogP contribution in [0.25, 0.3) is 0 Å². The van der Waals surface area contributed by atoms with Gasteiger partial charge in [0.25, 0.3) is 0 Å². The molecule has 0 fully saturated rings. The standard InChI is InChI=1S/C14H31N/c1-8-14(5,9-2)13(3,4)11-10-12-15(6)7/h8-12H2,1-7H3. The molecule has 0 atom stereocenters. The van der Waals surface area contributed by atoms with Crippen LogP contribution in [0.15, 0.2) is 0 Å². The van der Waals surface area contributed by atoms with Gasteiger partial charge in [-0.05, 0) is 44.3 Å². The van der Waals surface area contributed by atoms with E-state index < -0.39 is 0 Å². The minimum absolute atomic E-state index is 0.465. The molecule has 92 valence electrons. The largest absolute Gasteiger partial charge is 0.309 e. The van der Waals surface area contributed by atoms with Crippen molar-refractivity contribution >= 4 is 0 Å². The van der Waals surface area contributed by atoms with Crippen LogP contribution in [0.3, 0.4) is 0 Å². The maximum atomic E-state index is 2.45. The van der Waals surface area contributed by atoms with Gasteiger partial charge in [-0.15, -0.1) is 0 Å². The molecule has 0 N–H and O–H groups in total. The van der Waals surface area contributed by atoms with E-state index in [0.717, 1.165) is 0 Å². The van der Waals surface area contributed by atoms with E-state index in [-0.39, 0.29) is 0 Å². The molecule has 0 amide bonds. The second-order valence-corrected chi connectivity index (χ2v) is 6.06. The van der Waals surface area contributed by atoms with Gasteiger partial charge in [0.2, 0.25) is 0 Å². The van der Waals surface area contributed by atoms with Crippen molar-refractivity contribution in [2.24, 2.45) is 10.8 Å². The molecule has 1 heteroatoms. The Kier molecular flexibility index (Phi) is 5.87. The first-order valence-electron chi connectivity index (χ1n) is 6.44. The minimum atomic E-state index is 0.465. The molecule has 0 aliphatic carbocycles. The van der Waals surface area contributed by atoms with E-state index >= 15 is 0 Å². The van der Waals surface area contributed by atoms with E-state index in [1.54, 1.807) is 0 Å². The van der Waals surface area contributed by atoms with Crippen molar-refractivity contribution in [3.63, 3.8) is 0 Å². The average molecular weight is 213 g/mol. The Labute approximate surface area is 97.2 Å². The second-order valence-electron chi connectivity index (χ2n) is 6.06. The van der Waals surface area contributed by atoms with Gasteiger partial charge >= 0.3 is 0 Å². The number of rotatable bonds is 7. The summed E-state index contributed by atoms with van der Waals surface area (Å²) in [4.78, 5) is 2.28. The highest BCUT2D eigenvalue weighted by Crippen LogP contribution is 2.47. The first-order chi connectivity index (χ1) is 6.79. The third kappa shape index (κ3) is 4.14. The fourth-order valence-corrected chi connectivity index (χ4v) is 2.35. The molecule has 0 aromatic rings. The highest BCUT2D eigenvalue weighted by Gasteiger charge is 2.37. The zero-order chi connectivity index (χ0) is 12.1. The van der Waals surface area contributed by atoms with Gasteiger partial charge < -0.3 is 4.90 Å². The zero-order valence-electron chi connectivity index (χ0n) is 12.0. The summed E-state index contributed by atoms with van der Waals surface area (Å²) in [5.74, 6) is 0. The van der Waals surface area contributed by atoms with Crippen LogP contribution in [-0.2, 0) is 0 Å². The topological polar surface area (TPSA) is 3.24 Å². The quantitative estimate of drug-likeness (QED) is 0.613. The predicted molar refractivity (Wildman–Crippen MR) is 70.3 cm³/mol. The van der Waals surface area contributed by atoms with Crippen LogP contribution in [0.5, 0.6) is 0 Å². The van der Waals surface area contributed by atoms with Gasteiger partial charge in [0.05, 0.1) is 0 Å². The molecule has 0 aliphatic rings. The molecule has 0 rings (SSSR count). The number of hydrogen-bond donors (Lipinski definition) is 0. The third-order valence-corrected chi connectivity index (χ3v) is 4.60. The highest BCUT2D eigenvalue weighted by atomic mass is 15.0. The van der Waals surface area contributed by atoms with Gasteiger partial charge in [0, 0.05) is 0 Å². The molecule has 15 heavy (non-hydrogen) atoms. The van der Waals surface area contributed by atoms with E-state index in [1.807, 2.05) is 0 Å². The molecular formula is C14H31N. The molecule has 0 heterocycles. The van der Waals surface area contributed by atoms with Crippen LogP contribution in [0.4, 0.5) is 0 Å². The van der Waals surface area contributed by atoms with Gasteiger partial charge in [0.15, 0.2) is 0 Å². The molecule has 0 spiro atoms. The van der Waals surface area contributed by atoms with E-state index in [2.05, 4.69) is 53.6 Å². The average Bonchev–Trinajstić information content (AvgIpc) is 2.15. The van der Waals surface area contributed by atoms with Gasteiger partial charge in [-0.25, -0.2) is 0 Å². The normalized spacial score (nSPS) is 13.6. The van der Waals surface area contributed by atoms with Crippen molar-refractivity contribution in [3.05, 3.63) is 0 Å². The van der Waals surface area contributed by atoms with E-state index in [9.17, 15) is 0 Å².